The number of aromatic hydroxyl groups is 2. The first kappa shape index (κ1) is 18.2. The van der Waals surface area contributed by atoms with Crippen molar-refractivity contribution < 1.29 is 23.0 Å². The predicted octanol–water partition coefficient (Wildman–Crippen LogP) is 1.58. The molecule has 0 radical (unpaired) electrons. The molecule has 4 N–H and O–H groups in total. The van der Waals surface area contributed by atoms with Crippen molar-refractivity contribution in [1.82, 2.24) is 10.0 Å². The number of rotatable bonds is 7. The third kappa shape index (κ3) is 4.67. The molecule has 0 unspecified atom stereocenters. The first-order chi connectivity index (χ1) is 11.3. The van der Waals surface area contributed by atoms with Crippen LogP contribution in [0.4, 0.5) is 4.39 Å². The highest BCUT2D eigenvalue weighted by molar-refractivity contribution is 7.88. The standard InChI is InChI=1S/C16H19FN2O4S/c1-18-24(22,23)10-13-4-2-3-12(16(13)17)9-19-8-11-5-6-14(20)7-15(11)21/h2-7,18-21H,8-10H2,1H3. The van der Waals surface area contributed by atoms with Crippen LogP contribution in [0.5, 0.6) is 11.5 Å². The van der Waals surface area contributed by atoms with Gasteiger partial charge in [-0.1, -0.05) is 24.3 Å². The number of phenols is 2. The van der Waals surface area contributed by atoms with Gasteiger partial charge < -0.3 is 15.5 Å². The van der Waals surface area contributed by atoms with Crippen molar-refractivity contribution in [3.63, 3.8) is 0 Å². The van der Waals surface area contributed by atoms with E-state index in [0.717, 1.165) is 0 Å². The lowest BCUT2D eigenvalue weighted by molar-refractivity contribution is 0.443. The summed E-state index contributed by atoms with van der Waals surface area (Å²) in [4.78, 5) is 0. The van der Waals surface area contributed by atoms with Crippen LogP contribution in [0.2, 0.25) is 0 Å². The van der Waals surface area contributed by atoms with Gasteiger partial charge >= 0.3 is 0 Å². The second kappa shape index (κ2) is 7.61. The van der Waals surface area contributed by atoms with Crippen molar-refractivity contribution in [1.29, 1.82) is 0 Å². The van der Waals surface area contributed by atoms with Gasteiger partial charge in [0.1, 0.15) is 17.3 Å². The van der Waals surface area contributed by atoms with E-state index >= 15 is 0 Å². The maximum Gasteiger partial charge on any atom is 0.215 e. The molecule has 0 aliphatic carbocycles. The van der Waals surface area contributed by atoms with Crippen molar-refractivity contribution in [3.05, 3.63) is 58.9 Å². The monoisotopic (exact) mass is 354 g/mol. The van der Waals surface area contributed by atoms with Gasteiger partial charge in [0.15, 0.2) is 0 Å². The minimum absolute atomic E-state index is 0.0410. The molecule has 0 atom stereocenters. The van der Waals surface area contributed by atoms with E-state index < -0.39 is 21.6 Å². The fourth-order valence-electron chi connectivity index (χ4n) is 2.19. The maximum atomic E-state index is 14.4. The van der Waals surface area contributed by atoms with Gasteiger partial charge in [-0.2, -0.15) is 0 Å². The molecular formula is C16H19FN2O4S. The quantitative estimate of drug-likeness (QED) is 0.605. The highest BCUT2D eigenvalue weighted by atomic mass is 32.2. The van der Waals surface area contributed by atoms with Crippen molar-refractivity contribution >= 4 is 10.0 Å². The second-order valence-corrected chi connectivity index (χ2v) is 7.20. The zero-order valence-corrected chi connectivity index (χ0v) is 13.9. The van der Waals surface area contributed by atoms with Gasteiger partial charge in [-0.05, 0) is 13.1 Å². The fourth-order valence-corrected chi connectivity index (χ4v) is 2.97. The number of hydrogen-bond donors (Lipinski definition) is 4. The first-order valence-electron chi connectivity index (χ1n) is 7.21. The Balaban J connectivity index is 2.05. The zero-order chi connectivity index (χ0) is 17.7. The van der Waals surface area contributed by atoms with Gasteiger partial charge in [0, 0.05) is 35.8 Å². The summed E-state index contributed by atoms with van der Waals surface area (Å²) in [6, 6.07) is 8.82. The molecule has 0 amide bonds. The van der Waals surface area contributed by atoms with Crippen LogP contribution in [0, 0.1) is 5.82 Å². The Morgan fingerprint density at radius 1 is 1.04 bits per heavy atom. The zero-order valence-electron chi connectivity index (χ0n) is 13.1. The molecule has 0 aliphatic rings. The topological polar surface area (TPSA) is 98.7 Å². The van der Waals surface area contributed by atoms with Crippen LogP contribution >= 0.6 is 0 Å². The normalized spacial score (nSPS) is 11.6. The molecule has 2 aromatic rings. The average Bonchev–Trinajstić information content (AvgIpc) is 2.53. The SMILES string of the molecule is CNS(=O)(=O)Cc1cccc(CNCc2ccc(O)cc2O)c1F. The van der Waals surface area contributed by atoms with Crippen LogP contribution < -0.4 is 10.0 Å². The van der Waals surface area contributed by atoms with E-state index in [4.69, 9.17) is 0 Å². The lowest BCUT2D eigenvalue weighted by Crippen LogP contribution is -2.21. The van der Waals surface area contributed by atoms with E-state index in [1.165, 1.54) is 25.2 Å². The molecule has 6 nitrogen and oxygen atoms in total. The highest BCUT2D eigenvalue weighted by Crippen LogP contribution is 2.22. The van der Waals surface area contributed by atoms with E-state index in [9.17, 15) is 23.0 Å². The Morgan fingerprint density at radius 3 is 2.38 bits per heavy atom. The van der Waals surface area contributed by atoms with Crippen LogP contribution in [-0.2, 0) is 28.9 Å². The number of halogens is 1. The first-order valence-corrected chi connectivity index (χ1v) is 8.86. The van der Waals surface area contributed by atoms with Gasteiger partial charge in [0.05, 0.1) is 5.75 Å². The van der Waals surface area contributed by atoms with Crippen molar-refractivity contribution in [2.45, 2.75) is 18.8 Å². The Hall–Kier alpha value is -2.16. The summed E-state index contributed by atoms with van der Waals surface area (Å²) in [5.74, 6) is -1.10. The van der Waals surface area contributed by atoms with Crippen molar-refractivity contribution in [2.75, 3.05) is 7.05 Å². The molecule has 130 valence electrons. The molecule has 24 heavy (non-hydrogen) atoms. The number of hydrogen-bond acceptors (Lipinski definition) is 5. The summed E-state index contributed by atoms with van der Waals surface area (Å²) in [6.07, 6.45) is 0. The molecule has 0 aromatic heterocycles. The second-order valence-electron chi connectivity index (χ2n) is 5.27. The summed E-state index contributed by atoms with van der Waals surface area (Å²) in [6.45, 7) is 0.435. The largest absolute Gasteiger partial charge is 0.508 e. The van der Waals surface area contributed by atoms with E-state index in [0.29, 0.717) is 11.1 Å². The van der Waals surface area contributed by atoms with Gasteiger partial charge in [0.2, 0.25) is 10.0 Å². The summed E-state index contributed by atoms with van der Waals surface area (Å²) >= 11 is 0. The van der Waals surface area contributed by atoms with Crippen molar-refractivity contribution in [2.24, 2.45) is 0 Å². The third-order valence-corrected chi connectivity index (χ3v) is 4.83. The van der Waals surface area contributed by atoms with E-state index in [-0.39, 0.29) is 30.2 Å². The summed E-state index contributed by atoms with van der Waals surface area (Å²) in [5, 5.41) is 21.9. The molecule has 0 heterocycles. The number of phenolic OH excluding ortho intramolecular Hbond substituents is 2. The highest BCUT2D eigenvalue weighted by Gasteiger charge is 2.15. The maximum absolute atomic E-state index is 14.4. The van der Waals surface area contributed by atoms with Crippen LogP contribution in [0.1, 0.15) is 16.7 Å². The third-order valence-electron chi connectivity index (χ3n) is 3.51. The number of sulfonamides is 1. The molecular weight excluding hydrogens is 335 g/mol. The van der Waals surface area contributed by atoms with Crippen LogP contribution in [0.3, 0.4) is 0 Å². The Kier molecular flexibility index (Phi) is 5.76. The molecule has 0 fully saturated rings. The minimum Gasteiger partial charge on any atom is -0.508 e. The smallest absolute Gasteiger partial charge is 0.215 e. The molecule has 0 aliphatic heterocycles. The Labute approximate surface area is 140 Å². The summed E-state index contributed by atoms with van der Waals surface area (Å²) in [7, 11) is -2.27. The minimum atomic E-state index is -3.55. The van der Waals surface area contributed by atoms with Crippen LogP contribution in [0.15, 0.2) is 36.4 Å². The lowest BCUT2D eigenvalue weighted by Gasteiger charge is -2.11. The molecule has 0 saturated heterocycles. The van der Waals surface area contributed by atoms with Gasteiger partial charge in [-0.3, -0.25) is 0 Å². The Bertz CT molecular complexity index is 825. The molecule has 2 aromatic carbocycles. The molecule has 8 heteroatoms. The lowest BCUT2D eigenvalue weighted by atomic mass is 10.1. The van der Waals surface area contributed by atoms with E-state index in [1.807, 2.05) is 0 Å². The predicted molar refractivity (Wildman–Crippen MR) is 88.4 cm³/mol. The summed E-state index contributed by atoms with van der Waals surface area (Å²) in [5.41, 5.74) is 0.982. The van der Waals surface area contributed by atoms with Gasteiger partial charge in [0.25, 0.3) is 0 Å². The fraction of sp³-hybridized carbons (Fsp3) is 0.250. The van der Waals surface area contributed by atoms with E-state index in [1.54, 1.807) is 18.2 Å². The average molecular weight is 354 g/mol. The Morgan fingerprint density at radius 2 is 1.71 bits per heavy atom. The van der Waals surface area contributed by atoms with Crippen LogP contribution in [0.25, 0.3) is 0 Å². The van der Waals surface area contributed by atoms with Crippen molar-refractivity contribution in [3.8, 4) is 11.5 Å². The molecule has 0 spiro atoms. The molecule has 0 bridgehead atoms. The van der Waals surface area contributed by atoms with Gasteiger partial charge in [-0.15, -0.1) is 0 Å². The number of benzene rings is 2. The molecule has 2 rings (SSSR count). The number of nitrogens with one attached hydrogen (secondary N) is 2. The molecule has 0 saturated carbocycles. The van der Waals surface area contributed by atoms with E-state index in [2.05, 4.69) is 10.0 Å². The summed E-state index contributed by atoms with van der Waals surface area (Å²) < 4.78 is 39.6. The van der Waals surface area contributed by atoms with Gasteiger partial charge in [-0.25, -0.2) is 17.5 Å². The van der Waals surface area contributed by atoms with Crippen LogP contribution in [-0.4, -0.2) is 25.7 Å².